The zero-order chi connectivity index (χ0) is 19.6. The Morgan fingerprint density at radius 3 is 2.41 bits per heavy atom. The third-order valence-electron chi connectivity index (χ3n) is 4.22. The molecule has 8 nitrogen and oxygen atoms in total. The first kappa shape index (κ1) is 18.2. The SMILES string of the molecule is COC(=O)C(=O)Nc1ccc2c(c1)C(=O)N(c1ccc(OC)c(OC)c1)C2. The summed E-state index contributed by atoms with van der Waals surface area (Å²) < 4.78 is 14.9. The number of amides is 2. The van der Waals surface area contributed by atoms with E-state index in [1.807, 2.05) is 0 Å². The summed E-state index contributed by atoms with van der Waals surface area (Å²) >= 11 is 0. The normalized spacial score (nSPS) is 12.4. The summed E-state index contributed by atoms with van der Waals surface area (Å²) in [5, 5.41) is 2.41. The number of carbonyl (C=O) groups is 3. The van der Waals surface area contributed by atoms with Gasteiger partial charge in [-0.1, -0.05) is 6.07 Å². The predicted molar refractivity (Wildman–Crippen MR) is 97.1 cm³/mol. The summed E-state index contributed by atoms with van der Waals surface area (Å²) in [4.78, 5) is 37.3. The molecule has 0 radical (unpaired) electrons. The highest BCUT2D eigenvalue weighted by molar-refractivity contribution is 6.37. The molecule has 0 atom stereocenters. The zero-order valence-corrected chi connectivity index (χ0v) is 15.1. The minimum atomic E-state index is -1.01. The van der Waals surface area contributed by atoms with Crippen LogP contribution in [0.25, 0.3) is 0 Å². The van der Waals surface area contributed by atoms with E-state index >= 15 is 0 Å². The van der Waals surface area contributed by atoms with E-state index < -0.39 is 11.9 Å². The molecule has 140 valence electrons. The highest BCUT2D eigenvalue weighted by atomic mass is 16.5. The monoisotopic (exact) mass is 370 g/mol. The number of benzene rings is 2. The van der Waals surface area contributed by atoms with Crippen LogP contribution in [0.15, 0.2) is 36.4 Å². The molecule has 2 amide bonds. The maximum absolute atomic E-state index is 12.8. The second kappa shape index (κ2) is 7.36. The largest absolute Gasteiger partial charge is 0.493 e. The standard InChI is InChI=1S/C19H18N2O6/c1-25-15-7-6-13(9-16(15)26-2)21-10-11-4-5-12(8-14(11)18(21)23)20-17(22)19(24)27-3/h4-9H,10H2,1-3H3,(H,20,22). The first-order valence-electron chi connectivity index (χ1n) is 8.04. The lowest BCUT2D eigenvalue weighted by Gasteiger charge is -2.17. The Morgan fingerprint density at radius 1 is 1.00 bits per heavy atom. The van der Waals surface area contributed by atoms with Crippen LogP contribution in [0.4, 0.5) is 11.4 Å². The Balaban J connectivity index is 1.85. The molecule has 3 rings (SSSR count). The molecule has 0 unspecified atom stereocenters. The van der Waals surface area contributed by atoms with Gasteiger partial charge >= 0.3 is 11.9 Å². The molecular formula is C19H18N2O6. The van der Waals surface area contributed by atoms with Crippen molar-refractivity contribution in [3.63, 3.8) is 0 Å². The Bertz CT molecular complexity index is 924. The van der Waals surface area contributed by atoms with Crippen molar-refractivity contribution in [3.8, 4) is 11.5 Å². The second-order valence-corrected chi connectivity index (χ2v) is 5.75. The number of fused-ring (bicyclic) bond motifs is 1. The van der Waals surface area contributed by atoms with Crippen LogP contribution >= 0.6 is 0 Å². The smallest absolute Gasteiger partial charge is 0.396 e. The van der Waals surface area contributed by atoms with Crippen molar-refractivity contribution in [1.82, 2.24) is 0 Å². The van der Waals surface area contributed by atoms with Crippen molar-refractivity contribution < 1.29 is 28.6 Å². The van der Waals surface area contributed by atoms with Gasteiger partial charge in [0.05, 0.1) is 27.9 Å². The van der Waals surface area contributed by atoms with Crippen LogP contribution in [0.3, 0.4) is 0 Å². The average Bonchev–Trinajstić information content (AvgIpc) is 3.02. The van der Waals surface area contributed by atoms with E-state index in [-0.39, 0.29) is 5.91 Å². The average molecular weight is 370 g/mol. The second-order valence-electron chi connectivity index (χ2n) is 5.75. The number of anilines is 2. The number of nitrogens with zero attached hydrogens (tertiary/aromatic N) is 1. The van der Waals surface area contributed by atoms with Gasteiger partial charge in [-0.3, -0.25) is 9.59 Å². The van der Waals surface area contributed by atoms with Gasteiger partial charge in [-0.25, -0.2) is 4.79 Å². The van der Waals surface area contributed by atoms with E-state index in [0.717, 1.165) is 12.7 Å². The zero-order valence-electron chi connectivity index (χ0n) is 15.1. The van der Waals surface area contributed by atoms with E-state index in [1.54, 1.807) is 48.4 Å². The fourth-order valence-corrected chi connectivity index (χ4v) is 2.85. The van der Waals surface area contributed by atoms with Crippen LogP contribution in [0.5, 0.6) is 11.5 Å². The maximum Gasteiger partial charge on any atom is 0.396 e. The van der Waals surface area contributed by atoms with Crippen LogP contribution in [0, 0.1) is 0 Å². The molecule has 0 fully saturated rings. The van der Waals surface area contributed by atoms with Gasteiger partial charge in [0.25, 0.3) is 5.91 Å². The number of rotatable bonds is 4. The van der Waals surface area contributed by atoms with Crippen LogP contribution in [0.1, 0.15) is 15.9 Å². The Kier molecular flexibility index (Phi) is 4.98. The number of esters is 1. The molecule has 0 aromatic heterocycles. The van der Waals surface area contributed by atoms with Crippen molar-refractivity contribution in [2.75, 3.05) is 31.5 Å². The molecule has 8 heteroatoms. The molecule has 1 N–H and O–H groups in total. The van der Waals surface area contributed by atoms with Gasteiger partial charge in [0.2, 0.25) is 0 Å². The van der Waals surface area contributed by atoms with Gasteiger partial charge in [0.1, 0.15) is 0 Å². The van der Waals surface area contributed by atoms with Crippen molar-refractivity contribution in [2.24, 2.45) is 0 Å². The van der Waals surface area contributed by atoms with Crippen LogP contribution in [0.2, 0.25) is 0 Å². The minimum Gasteiger partial charge on any atom is -0.493 e. The molecule has 2 aromatic carbocycles. The molecular weight excluding hydrogens is 352 g/mol. The third-order valence-corrected chi connectivity index (χ3v) is 4.22. The van der Waals surface area contributed by atoms with Gasteiger partial charge in [0, 0.05) is 23.0 Å². The summed E-state index contributed by atoms with van der Waals surface area (Å²) in [7, 11) is 4.19. The molecule has 0 bridgehead atoms. The fraction of sp³-hybridized carbons (Fsp3) is 0.211. The van der Waals surface area contributed by atoms with Crippen molar-refractivity contribution in [3.05, 3.63) is 47.5 Å². The van der Waals surface area contributed by atoms with Gasteiger partial charge in [-0.2, -0.15) is 0 Å². The van der Waals surface area contributed by atoms with Gasteiger partial charge in [0.15, 0.2) is 11.5 Å². The number of methoxy groups -OCH3 is 3. The lowest BCUT2D eigenvalue weighted by molar-refractivity contribution is -0.150. The number of carbonyl (C=O) groups excluding carboxylic acids is 3. The quantitative estimate of drug-likeness (QED) is 0.653. The highest BCUT2D eigenvalue weighted by Gasteiger charge is 2.29. The molecule has 1 aliphatic heterocycles. The molecule has 1 heterocycles. The predicted octanol–water partition coefficient (Wildman–Crippen LogP) is 1.98. The highest BCUT2D eigenvalue weighted by Crippen LogP contribution is 2.35. The van der Waals surface area contributed by atoms with E-state index in [4.69, 9.17) is 9.47 Å². The lowest BCUT2D eigenvalue weighted by Crippen LogP contribution is -2.24. The number of ether oxygens (including phenoxy) is 3. The Labute approximate surface area is 155 Å². The molecule has 0 saturated carbocycles. The van der Waals surface area contributed by atoms with Crippen molar-refractivity contribution in [1.29, 1.82) is 0 Å². The first-order chi connectivity index (χ1) is 13.0. The molecule has 0 aliphatic carbocycles. The number of hydrogen-bond donors (Lipinski definition) is 1. The van der Waals surface area contributed by atoms with E-state index in [2.05, 4.69) is 10.1 Å². The minimum absolute atomic E-state index is 0.216. The Hall–Kier alpha value is -3.55. The molecule has 0 saturated heterocycles. The summed E-state index contributed by atoms with van der Waals surface area (Å²) in [5.41, 5.74) is 2.26. The van der Waals surface area contributed by atoms with Crippen LogP contribution in [-0.2, 0) is 20.9 Å². The fourth-order valence-electron chi connectivity index (χ4n) is 2.85. The Morgan fingerprint density at radius 2 is 1.74 bits per heavy atom. The van der Waals surface area contributed by atoms with Crippen LogP contribution in [-0.4, -0.2) is 39.1 Å². The summed E-state index contributed by atoms with van der Waals surface area (Å²) in [6.45, 7) is 0.384. The van der Waals surface area contributed by atoms with Crippen molar-refractivity contribution >= 4 is 29.2 Å². The molecule has 2 aromatic rings. The first-order valence-corrected chi connectivity index (χ1v) is 8.04. The molecule has 27 heavy (non-hydrogen) atoms. The summed E-state index contributed by atoms with van der Waals surface area (Å²) in [5.74, 6) is -1.04. The topological polar surface area (TPSA) is 94.2 Å². The number of nitrogens with one attached hydrogen (secondary N) is 1. The third kappa shape index (κ3) is 3.41. The van der Waals surface area contributed by atoms with Gasteiger partial charge in [-0.05, 0) is 29.8 Å². The summed E-state index contributed by atoms with van der Waals surface area (Å²) in [6, 6.07) is 10.1. The lowest BCUT2D eigenvalue weighted by atomic mass is 10.1. The van der Waals surface area contributed by atoms with Gasteiger partial charge < -0.3 is 24.4 Å². The van der Waals surface area contributed by atoms with E-state index in [1.165, 1.54) is 7.11 Å². The van der Waals surface area contributed by atoms with E-state index in [0.29, 0.717) is 35.0 Å². The number of hydrogen-bond acceptors (Lipinski definition) is 6. The molecule has 1 aliphatic rings. The van der Waals surface area contributed by atoms with E-state index in [9.17, 15) is 14.4 Å². The molecule has 0 spiro atoms. The van der Waals surface area contributed by atoms with Crippen LogP contribution < -0.4 is 19.7 Å². The summed E-state index contributed by atoms with van der Waals surface area (Å²) in [6.07, 6.45) is 0. The maximum atomic E-state index is 12.8. The van der Waals surface area contributed by atoms with Crippen molar-refractivity contribution in [2.45, 2.75) is 6.54 Å². The van der Waals surface area contributed by atoms with Gasteiger partial charge in [-0.15, -0.1) is 0 Å².